The van der Waals surface area contributed by atoms with E-state index in [4.69, 9.17) is 10.5 Å². The summed E-state index contributed by atoms with van der Waals surface area (Å²) < 4.78 is 5.86. The fourth-order valence-corrected chi connectivity index (χ4v) is 3.13. The third kappa shape index (κ3) is 2.10. The number of fused-ring (bicyclic) bond motifs is 1. The lowest BCUT2D eigenvalue weighted by molar-refractivity contribution is 0.342. The van der Waals surface area contributed by atoms with Gasteiger partial charge in [0, 0.05) is 12.0 Å². The quantitative estimate of drug-likeness (QED) is 0.918. The highest BCUT2D eigenvalue weighted by atomic mass is 16.5. The van der Waals surface area contributed by atoms with Crippen LogP contribution in [0.3, 0.4) is 0 Å². The molecule has 1 heterocycles. The van der Waals surface area contributed by atoms with Gasteiger partial charge in [0.25, 0.3) is 0 Å². The predicted octanol–water partition coefficient (Wildman–Crippen LogP) is 3.62. The first-order valence-corrected chi connectivity index (χ1v) is 7.35. The van der Waals surface area contributed by atoms with Crippen molar-refractivity contribution in [3.05, 3.63) is 65.2 Å². The topological polar surface area (TPSA) is 35.2 Å². The van der Waals surface area contributed by atoms with Gasteiger partial charge in [-0.25, -0.2) is 0 Å². The highest BCUT2D eigenvalue weighted by Gasteiger charge is 2.33. The Morgan fingerprint density at radius 1 is 1.10 bits per heavy atom. The zero-order valence-electron chi connectivity index (χ0n) is 11.9. The minimum Gasteiger partial charge on any atom is -0.493 e. The van der Waals surface area contributed by atoms with Crippen molar-refractivity contribution in [2.45, 2.75) is 31.7 Å². The summed E-state index contributed by atoms with van der Waals surface area (Å²) in [4.78, 5) is 0. The minimum atomic E-state index is -0.467. The Kier molecular flexibility index (Phi) is 3.49. The van der Waals surface area contributed by atoms with E-state index in [1.165, 1.54) is 5.56 Å². The van der Waals surface area contributed by atoms with Crippen molar-refractivity contribution in [1.29, 1.82) is 0 Å². The number of ether oxygens (including phenoxy) is 1. The molecule has 0 saturated carbocycles. The molecule has 2 aromatic rings. The highest BCUT2D eigenvalue weighted by molar-refractivity contribution is 5.51. The second-order valence-electron chi connectivity index (χ2n) is 5.48. The zero-order chi connectivity index (χ0) is 14.0. The number of benzene rings is 2. The molecule has 0 radical (unpaired) electrons. The third-order valence-electron chi connectivity index (χ3n) is 4.13. The van der Waals surface area contributed by atoms with Crippen LogP contribution in [0.1, 0.15) is 36.5 Å². The molecule has 2 aromatic carbocycles. The molecule has 0 spiro atoms. The Balaban J connectivity index is 2.14. The van der Waals surface area contributed by atoms with Gasteiger partial charge in [-0.15, -0.1) is 0 Å². The molecular weight excluding hydrogens is 246 g/mol. The van der Waals surface area contributed by atoms with Gasteiger partial charge in [0.2, 0.25) is 0 Å². The number of hydrogen-bond donors (Lipinski definition) is 1. The Labute approximate surface area is 120 Å². The summed E-state index contributed by atoms with van der Waals surface area (Å²) in [6, 6.07) is 16.7. The molecule has 1 aliphatic heterocycles. The molecule has 3 rings (SSSR count). The molecule has 1 atom stereocenters. The first kappa shape index (κ1) is 13.2. The summed E-state index contributed by atoms with van der Waals surface area (Å²) in [6.45, 7) is 2.94. The van der Waals surface area contributed by atoms with Gasteiger partial charge in [-0.2, -0.15) is 0 Å². The van der Waals surface area contributed by atoms with Gasteiger partial charge in [-0.1, -0.05) is 61.9 Å². The summed E-state index contributed by atoms with van der Waals surface area (Å²) in [5.74, 6) is 1.01. The maximum Gasteiger partial charge on any atom is 0.128 e. The standard InChI is InChI=1S/C18H21NO/c1-2-12-18(19,15-8-4-3-5-9-15)16-10-6-7-14-11-13-20-17(14)16/h3-10H,2,11-13,19H2,1H3. The Morgan fingerprint density at radius 2 is 1.90 bits per heavy atom. The smallest absolute Gasteiger partial charge is 0.128 e. The summed E-state index contributed by atoms with van der Waals surface area (Å²) in [5.41, 5.74) is 9.94. The van der Waals surface area contributed by atoms with Crippen LogP contribution in [0.25, 0.3) is 0 Å². The fourth-order valence-electron chi connectivity index (χ4n) is 3.13. The minimum absolute atomic E-state index is 0.467. The molecule has 1 aliphatic rings. The molecule has 2 heteroatoms. The number of rotatable bonds is 4. The Bertz CT molecular complexity index is 594. The van der Waals surface area contributed by atoms with Gasteiger partial charge in [0.15, 0.2) is 0 Å². The normalized spacial score (nSPS) is 16.3. The SMILES string of the molecule is CCCC(N)(c1ccccc1)c1cccc2c1OCC2. The van der Waals surface area contributed by atoms with Crippen LogP contribution >= 0.6 is 0 Å². The highest BCUT2D eigenvalue weighted by Crippen LogP contribution is 2.40. The predicted molar refractivity (Wildman–Crippen MR) is 82.0 cm³/mol. The van der Waals surface area contributed by atoms with Crippen LogP contribution in [0.4, 0.5) is 0 Å². The van der Waals surface area contributed by atoms with E-state index in [1.807, 2.05) is 6.07 Å². The molecular formula is C18H21NO. The molecule has 2 N–H and O–H groups in total. The number of para-hydroxylation sites is 1. The summed E-state index contributed by atoms with van der Waals surface area (Å²) >= 11 is 0. The molecule has 1 unspecified atom stereocenters. The fraction of sp³-hybridized carbons (Fsp3) is 0.333. The lowest BCUT2D eigenvalue weighted by Gasteiger charge is -2.32. The van der Waals surface area contributed by atoms with Gasteiger partial charge >= 0.3 is 0 Å². The van der Waals surface area contributed by atoms with Crippen molar-refractivity contribution in [3.63, 3.8) is 0 Å². The van der Waals surface area contributed by atoms with Crippen LogP contribution in [0.15, 0.2) is 48.5 Å². The van der Waals surface area contributed by atoms with E-state index in [0.29, 0.717) is 0 Å². The molecule has 0 saturated heterocycles. The van der Waals surface area contributed by atoms with Crippen LogP contribution in [-0.2, 0) is 12.0 Å². The van der Waals surface area contributed by atoms with Crippen LogP contribution in [0.5, 0.6) is 5.75 Å². The molecule has 2 nitrogen and oxygen atoms in total. The van der Waals surface area contributed by atoms with E-state index in [2.05, 4.69) is 49.4 Å². The lowest BCUT2D eigenvalue weighted by atomic mass is 9.79. The van der Waals surface area contributed by atoms with Gasteiger partial charge in [-0.05, 0) is 17.5 Å². The van der Waals surface area contributed by atoms with Crippen LogP contribution in [0.2, 0.25) is 0 Å². The van der Waals surface area contributed by atoms with Crippen molar-refractivity contribution < 1.29 is 4.74 Å². The van der Waals surface area contributed by atoms with E-state index in [-0.39, 0.29) is 0 Å². The van der Waals surface area contributed by atoms with Crippen molar-refractivity contribution in [2.24, 2.45) is 5.73 Å². The molecule has 20 heavy (non-hydrogen) atoms. The maximum absolute atomic E-state index is 6.84. The Morgan fingerprint density at radius 3 is 2.65 bits per heavy atom. The van der Waals surface area contributed by atoms with Crippen molar-refractivity contribution >= 4 is 0 Å². The second kappa shape index (κ2) is 5.29. The monoisotopic (exact) mass is 267 g/mol. The third-order valence-corrected chi connectivity index (χ3v) is 4.13. The average molecular weight is 267 g/mol. The summed E-state index contributed by atoms with van der Waals surface area (Å²) in [6.07, 6.45) is 2.94. The van der Waals surface area contributed by atoms with E-state index in [1.54, 1.807) is 0 Å². The van der Waals surface area contributed by atoms with E-state index >= 15 is 0 Å². The number of nitrogens with two attached hydrogens (primary N) is 1. The van der Waals surface area contributed by atoms with Crippen LogP contribution in [-0.4, -0.2) is 6.61 Å². The molecule has 0 amide bonds. The van der Waals surface area contributed by atoms with Crippen molar-refractivity contribution in [3.8, 4) is 5.75 Å². The largest absolute Gasteiger partial charge is 0.493 e. The lowest BCUT2D eigenvalue weighted by Crippen LogP contribution is -2.38. The van der Waals surface area contributed by atoms with Crippen LogP contribution in [0, 0.1) is 0 Å². The van der Waals surface area contributed by atoms with Gasteiger partial charge in [0.05, 0.1) is 12.1 Å². The second-order valence-corrected chi connectivity index (χ2v) is 5.48. The molecule has 0 aliphatic carbocycles. The first-order valence-electron chi connectivity index (χ1n) is 7.35. The van der Waals surface area contributed by atoms with Crippen molar-refractivity contribution in [2.75, 3.05) is 6.61 Å². The zero-order valence-corrected chi connectivity index (χ0v) is 11.9. The summed E-state index contributed by atoms with van der Waals surface area (Å²) in [7, 11) is 0. The molecule has 0 fully saturated rings. The molecule has 104 valence electrons. The average Bonchev–Trinajstić information content (AvgIpc) is 2.96. The Hall–Kier alpha value is -1.80. The molecule has 0 aromatic heterocycles. The van der Waals surface area contributed by atoms with E-state index in [9.17, 15) is 0 Å². The molecule has 0 bridgehead atoms. The summed E-state index contributed by atoms with van der Waals surface area (Å²) in [5, 5.41) is 0. The first-order chi connectivity index (χ1) is 9.75. The van der Waals surface area contributed by atoms with Crippen LogP contribution < -0.4 is 10.5 Å². The number of hydrogen-bond acceptors (Lipinski definition) is 2. The van der Waals surface area contributed by atoms with Gasteiger partial charge in [0.1, 0.15) is 5.75 Å². The van der Waals surface area contributed by atoms with E-state index < -0.39 is 5.54 Å². The van der Waals surface area contributed by atoms with Gasteiger partial charge < -0.3 is 10.5 Å². The van der Waals surface area contributed by atoms with Gasteiger partial charge in [-0.3, -0.25) is 0 Å². The van der Waals surface area contributed by atoms with Crippen molar-refractivity contribution in [1.82, 2.24) is 0 Å². The van der Waals surface area contributed by atoms with E-state index in [0.717, 1.165) is 42.7 Å². The maximum atomic E-state index is 6.84.